The van der Waals surface area contributed by atoms with Gasteiger partial charge >= 0.3 is 0 Å². The molecule has 0 atom stereocenters. The summed E-state index contributed by atoms with van der Waals surface area (Å²) < 4.78 is 16.9. The van der Waals surface area contributed by atoms with E-state index in [1.165, 1.54) is 0 Å². The molecule has 5 nitrogen and oxygen atoms in total. The van der Waals surface area contributed by atoms with E-state index < -0.39 is 0 Å². The molecule has 0 saturated heterocycles. The average Bonchev–Trinajstić information content (AvgIpc) is 3.94. The van der Waals surface area contributed by atoms with Crippen LogP contribution in [0, 0.1) is 0 Å². The first-order valence-electron chi connectivity index (χ1n) is 18.8. The topological polar surface area (TPSA) is 53.2 Å². The third-order valence-corrected chi connectivity index (χ3v) is 11.4. The van der Waals surface area contributed by atoms with E-state index >= 15 is 0 Å². The summed E-state index contributed by atoms with van der Waals surface area (Å²) in [6.07, 6.45) is 0. The van der Waals surface area contributed by atoms with Gasteiger partial charge < -0.3 is 13.4 Å². The molecular formula is C51H30N2O3. The average molecular weight is 719 g/mol. The maximum absolute atomic E-state index is 14.7. The van der Waals surface area contributed by atoms with Crippen molar-refractivity contribution in [1.29, 1.82) is 0 Å². The molecule has 0 unspecified atom stereocenters. The van der Waals surface area contributed by atoms with Gasteiger partial charge in [-0.1, -0.05) is 133 Å². The van der Waals surface area contributed by atoms with Crippen LogP contribution in [0.4, 0.5) is 0 Å². The van der Waals surface area contributed by atoms with E-state index in [1.807, 2.05) is 77.4 Å². The summed E-state index contributed by atoms with van der Waals surface area (Å²) in [7, 11) is 0. The standard InChI is InChI=1S/C51H30N2O3/c54-51-42-14-2-1-13-39(42)47-48(53(51)34-29-25-32(26-30-34)36-17-10-19-41-38-12-5-8-22-46(38)56-50(36)41)43-15-3-6-20-44(43)52(47)33-27-23-31(24-28-33)35-16-9-18-40-37-11-4-7-21-45(37)55-49(35)40/h1-30H. The third kappa shape index (κ3) is 4.34. The maximum Gasteiger partial charge on any atom is 0.263 e. The molecule has 0 amide bonds. The normalized spacial score (nSPS) is 12.0. The maximum atomic E-state index is 14.7. The van der Waals surface area contributed by atoms with Crippen LogP contribution in [0.1, 0.15) is 0 Å². The monoisotopic (exact) mass is 718 g/mol. The number of hydrogen-bond donors (Lipinski definition) is 0. The quantitative estimate of drug-likeness (QED) is 0.182. The summed E-state index contributed by atoms with van der Waals surface area (Å²) in [6, 6.07) is 62.2. The summed E-state index contributed by atoms with van der Waals surface area (Å²) in [4.78, 5) is 14.7. The SMILES string of the molecule is O=c1c2ccccc2c2c(c3ccccc3n2-c2ccc(-c3cccc4c3oc3ccccc34)cc2)n1-c1ccc(-c2cccc3c2oc2ccccc23)cc1. The second-order valence-electron chi connectivity index (χ2n) is 14.4. The molecule has 0 bridgehead atoms. The van der Waals surface area contributed by atoms with Crippen molar-refractivity contribution in [1.82, 2.24) is 9.13 Å². The zero-order valence-electron chi connectivity index (χ0n) is 29.9. The lowest BCUT2D eigenvalue weighted by Crippen LogP contribution is -2.19. The molecule has 0 aliphatic rings. The molecule has 0 aliphatic carbocycles. The van der Waals surface area contributed by atoms with Crippen molar-refractivity contribution in [2.75, 3.05) is 0 Å². The van der Waals surface area contributed by atoms with Crippen molar-refractivity contribution in [3.05, 3.63) is 192 Å². The van der Waals surface area contributed by atoms with Gasteiger partial charge in [-0.05, 0) is 59.7 Å². The summed E-state index contributed by atoms with van der Waals surface area (Å²) in [5.41, 5.74) is 12.2. The molecule has 0 radical (unpaired) electrons. The van der Waals surface area contributed by atoms with Gasteiger partial charge in [0, 0.05) is 60.2 Å². The molecule has 12 aromatic rings. The summed E-state index contributed by atoms with van der Waals surface area (Å²) in [5, 5.41) is 6.97. The Morgan fingerprint density at radius 3 is 1.34 bits per heavy atom. The molecule has 12 rings (SSSR count). The van der Waals surface area contributed by atoms with E-state index in [1.54, 1.807) is 0 Å². The number of aromatic nitrogens is 2. The zero-order valence-corrected chi connectivity index (χ0v) is 29.9. The summed E-state index contributed by atoms with van der Waals surface area (Å²) in [5.74, 6) is 0. The fourth-order valence-corrected chi connectivity index (χ4v) is 8.84. The first-order valence-corrected chi connectivity index (χ1v) is 18.8. The second-order valence-corrected chi connectivity index (χ2v) is 14.4. The summed E-state index contributed by atoms with van der Waals surface area (Å²) in [6.45, 7) is 0. The van der Waals surface area contributed by atoms with Crippen LogP contribution < -0.4 is 5.56 Å². The molecule has 0 spiro atoms. The van der Waals surface area contributed by atoms with E-state index in [0.717, 1.165) is 105 Å². The molecular weight excluding hydrogens is 689 g/mol. The molecule has 0 saturated carbocycles. The van der Waals surface area contributed by atoms with Crippen LogP contribution in [0.3, 0.4) is 0 Å². The van der Waals surface area contributed by atoms with Crippen molar-refractivity contribution in [3.63, 3.8) is 0 Å². The Balaban J connectivity index is 1.05. The summed E-state index contributed by atoms with van der Waals surface area (Å²) >= 11 is 0. The minimum atomic E-state index is -0.0579. The molecule has 0 aliphatic heterocycles. The number of rotatable bonds is 4. The van der Waals surface area contributed by atoms with E-state index in [9.17, 15) is 4.79 Å². The number of nitrogens with zero attached hydrogens (tertiary/aromatic N) is 2. The van der Waals surface area contributed by atoms with Gasteiger partial charge in [-0.2, -0.15) is 0 Å². The van der Waals surface area contributed by atoms with Crippen molar-refractivity contribution in [2.24, 2.45) is 0 Å². The lowest BCUT2D eigenvalue weighted by molar-refractivity contribution is 0.669. The number of pyridine rings is 1. The highest BCUT2D eigenvalue weighted by molar-refractivity contribution is 6.17. The van der Waals surface area contributed by atoms with E-state index in [2.05, 4.69) is 114 Å². The van der Waals surface area contributed by atoms with Gasteiger partial charge in [0.2, 0.25) is 0 Å². The van der Waals surface area contributed by atoms with Gasteiger partial charge in [0.25, 0.3) is 5.56 Å². The van der Waals surface area contributed by atoms with Crippen molar-refractivity contribution < 1.29 is 8.83 Å². The minimum Gasteiger partial charge on any atom is -0.455 e. The number of hydrogen-bond acceptors (Lipinski definition) is 3. The van der Waals surface area contributed by atoms with E-state index in [4.69, 9.17) is 8.83 Å². The highest BCUT2D eigenvalue weighted by atomic mass is 16.3. The van der Waals surface area contributed by atoms with E-state index in [0.29, 0.717) is 5.39 Å². The fourth-order valence-electron chi connectivity index (χ4n) is 8.84. The fraction of sp³-hybridized carbons (Fsp3) is 0. The predicted octanol–water partition coefficient (Wildman–Crippen LogP) is 13.2. The Labute approximate surface area is 319 Å². The Morgan fingerprint density at radius 1 is 0.339 bits per heavy atom. The molecule has 5 heteroatoms. The van der Waals surface area contributed by atoms with Gasteiger partial charge in [0.1, 0.15) is 22.3 Å². The predicted molar refractivity (Wildman–Crippen MR) is 229 cm³/mol. The van der Waals surface area contributed by atoms with Crippen LogP contribution in [0.2, 0.25) is 0 Å². The molecule has 0 N–H and O–H groups in total. The van der Waals surface area contributed by atoms with Crippen molar-refractivity contribution in [2.45, 2.75) is 0 Å². The lowest BCUT2D eigenvalue weighted by Gasteiger charge is -2.14. The Bertz CT molecular complexity index is 3600. The van der Waals surface area contributed by atoms with Crippen molar-refractivity contribution >= 4 is 76.6 Å². The van der Waals surface area contributed by atoms with Gasteiger partial charge in [-0.3, -0.25) is 9.36 Å². The van der Waals surface area contributed by atoms with Crippen LogP contribution in [0.5, 0.6) is 0 Å². The van der Waals surface area contributed by atoms with Crippen LogP contribution in [-0.2, 0) is 0 Å². The number of furan rings is 2. The first-order chi connectivity index (χ1) is 27.7. The number of para-hydroxylation sites is 5. The molecule has 262 valence electrons. The molecule has 4 heterocycles. The highest BCUT2D eigenvalue weighted by Crippen LogP contribution is 2.40. The van der Waals surface area contributed by atoms with Gasteiger partial charge in [0.15, 0.2) is 0 Å². The Kier molecular flexibility index (Phi) is 6.42. The van der Waals surface area contributed by atoms with E-state index in [-0.39, 0.29) is 5.56 Å². The van der Waals surface area contributed by atoms with Crippen molar-refractivity contribution in [3.8, 4) is 33.6 Å². The third-order valence-electron chi connectivity index (χ3n) is 11.4. The lowest BCUT2D eigenvalue weighted by atomic mass is 10.0. The van der Waals surface area contributed by atoms with Crippen LogP contribution >= 0.6 is 0 Å². The number of benzene rings is 8. The molecule has 8 aromatic carbocycles. The van der Waals surface area contributed by atoms with Crippen LogP contribution in [0.15, 0.2) is 196 Å². The first kappa shape index (κ1) is 30.8. The van der Waals surface area contributed by atoms with Crippen LogP contribution in [-0.4, -0.2) is 9.13 Å². The Morgan fingerprint density at radius 2 is 0.768 bits per heavy atom. The highest BCUT2D eigenvalue weighted by Gasteiger charge is 2.22. The smallest absolute Gasteiger partial charge is 0.263 e. The molecule has 56 heavy (non-hydrogen) atoms. The second kappa shape index (κ2) is 11.7. The van der Waals surface area contributed by atoms with Gasteiger partial charge in [-0.25, -0.2) is 0 Å². The largest absolute Gasteiger partial charge is 0.455 e. The minimum absolute atomic E-state index is 0.0579. The van der Waals surface area contributed by atoms with Gasteiger partial charge in [0.05, 0.1) is 16.6 Å². The van der Waals surface area contributed by atoms with Crippen LogP contribution in [0.25, 0.3) is 110 Å². The van der Waals surface area contributed by atoms with Gasteiger partial charge in [-0.15, -0.1) is 0 Å². The number of fused-ring (bicyclic) bond motifs is 11. The molecule has 4 aromatic heterocycles. The zero-order chi connectivity index (χ0) is 36.9. The molecule has 0 fully saturated rings. The Hall–Kier alpha value is -7.63.